The van der Waals surface area contributed by atoms with Crippen molar-refractivity contribution in [3.8, 4) is 28.6 Å². The van der Waals surface area contributed by atoms with Crippen molar-refractivity contribution in [2.45, 2.75) is 19.8 Å². The van der Waals surface area contributed by atoms with Gasteiger partial charge in [-0.05, 0) is 37.8 Å². The van der Waals surface area contributed by atoms with E-state index >= 15 is 0 Å². The van der Waals surface area contributed by atoms with Crippen molar-refractivity contribution >= 4 is 34.0 Å². The van der Waals surface area contributed by atoms with E-state index in [0.717, 1.165) is 16.5 Å². The minimum Gasteiger partial charge on any atom is -0.495 e. The van der Waals surface area contributed by atoms with E-state index in [2.05, 4.69) is 4.98 Å². The lowest BCUT2D eigenvalue weighted by Gasteiger charge is -2.16. The minimum atomic E-state index is 0.369. The molecule has 1 aliphatic carbocycles. The molecule has 3 aromatic rings. The molecule has 0 aliphatic heterocycles. The summed E-state index contributed by atoms with van der Waals surface area (Å²) in [5, 5.41) is 2.55. The molecular formula is C21H20Cl2N2O3. The topological polar surface area (TPSA) is 53.5 Å². The van der Waals surface area contributed by atoms with Crippen LogP contribution in [0.25, 0.3) is 22.0 Å². The molecule has 1 fully saturated rings. The molecule has 1 saturated carbocycles. The van der Waals surface area contributed by atoms with Gasteiger partial charge in [0.25, 0.3) is 0 Å². The number of ether oxygens (including phenoxy) is 3. The van der Waals surface area contributed by atoms with E-state index in [-0.39, 0.29) is 0 Å². The van der Waals surface area contributed by atoms with Crippen molar-refractivity contribution in [1.82, 2.24) is 9.97 Å². The standard InChI is InChI=1S/C21H20Cl2N2O3/c1-11-6-14-13(9-24-11)7-15(25-21(14)28-10-12-4-5-12)18-19(22)16(26-2)8-17(27-3)20(18)23/h6-9,12H,4-5,10H2,1-3H3. The van der Waals surface area contributed by atoms with E-state index in [1.807, 2.05) is 19.1 Å². The summed E-state index contributed by atoms with van der Waals surface area (Å²) < 4.78 is 16.8. The summed E-state index contributed by atoms with van der Waals surface area (Å²) in [6.45, 7) is 2.59. The molecule has 2 aromatic heterocycles. The molecule has 1 aromatic carbocycles. The number of nitrogens with zero attached hydrogens (tertiary/aromatic N) is 2. The molecule has 2 heterocycles. The Bertz CT molecular complexity index is 1020. The lowest BCUT2D eigenvalue weighted by Crippen LogP contribution is -2.03. The molecule has 1 aliphatic rings. The second-order valence-electron chi connectivity index (χ2n) is 6.90. The van der Waals surface area contributed by atoms with Gasteiger partial charge in [0.15, 0.2) is 0 Å². The van der Waals surface area contributed by atoms with Gasteiger partial charge in [-0.2, -0.15) is 0 Å². The zero-order chi connectivity index (χ0) is 19.8. The van der Waals surface area contributed by atoms with Gasteiger partial charge in [-0.1, -0.05) is 23.2 Å². The second kappa shape index (κ2) is 7.64. The molecule has 4 rings (SSSR count). The summed E-state index contributed by atoms with van der Waals surface area (Å²) in [6.07, 6.45) is 4.20. The fraction of sp³-hybridized carbons (Fsp3) is 0.333. The maximum Gasteiger partial charge on any atom is 0.222 e. The molecule has 0 bridgehead atoms. The highest BCUT2D eigenvalue weighted by Crippen LogP contribution is 2.46. The first-order valence-electron chi connectivity index (χ1n) is 9.02. The van der Waals surface area contributed by atoms with Gasteiger partial charge >= 0.3 is 0 Å². The Labute approximate surface area is 173 Å². The Morgan fingerprint density at radius 2 is 1.71 bits per heavy atom. The largest absolute Gasteiger partial charge is 0.495 e. The molecule has 5 nitrogen and oxygen atoms in total. The number of benzene rings is 1. The number of halogens is 2. The first-order chi connectivity index (χ1) is 13.5. The molecule has 0 spiro atoms. The number of pyridine rings is 2. The number of hydrogen-bond acceptors (Lipinski definition) is 5. The zero-order valence-corrected chi connectivity index (χ0v) is 17.4. The lowest BCUT2D eigenvalue weighted by atomic mass is 10.1. The third kappa shape index (κ3) is 3.56. The highest BCUT2D eigenvalue weighted by molar-refractivity contribution is 6.41. The molecule has 28 heavy (non-hydrogen) atoms. The first kappa shape index (κ1) is 19.1. The fourth-order valence-corrected chi connectivity index (χ4v) is 3.74. The van der Waals surface area contributed by atoms with Gasteiger partial charge in [0, 0.05) is 34.3 Å². The predicted octanol–water partition coefficient (Wildman–Crippen LogP) is 5.72. The van der Waals surface area contributed by atoms with E-state index in [1.165, 1.54) is 12.8 Å². The van der Waals surface area contributed by atoms with Crippen LogP contribution in [0, 0.1) is 12.8 Å². The van der Waals surface area contributed by atoms with Gasteiger partial charge in [0.2, 0.25) is 5.88 Å². The molecular weight excluding hydrogens is 399 g/mol. The minimum absolute atomic E-state index is 0.369. The molecule has 0 radical (unpaired) electrons. The summed E-state index contributed by atoms with van der Waals surface area (Å²) in [5.74, 6) is 2.08. The Kier molecular flexibility index (Phi) is 5.21. The van der Waals surface area contributed by atoms with Crippen LogP contribution < -0.4 is 14.2 Å². The monoisotopic (exact) mass is 418 g/mol. The van der Waals surface area contributed by atoms with Gasteiger partial charge in [0.05, 0.1) is 36.6 Å². The van der Waals surface area contributed by atoms with E-state index in [0.29, 0.717) is 51.2 Å². The van der Waals surface area contributed by atoms with Crippen molar-refractivity contribution < 1.29 is 14.2 Å². The first-order valence-corrected chi connectivity index (χ1v) is 9.78. The highest BCUT2D eigenvalue weighted by Gasteiger charge is 2.24. The van der Waals surface area contributed by atoms with Crippen LogP contribution >= 0.6 is 23.2 Å². The van der Waals surface area contributed by atoms with Crippen LogP contribution in [-0.2, 0) is 0 Å². The van der Waals surface area contributed by atoms with Gasteiger partial charge in [0.1, 0.15) is 11.5 Å². The lowest BCUT2D eigenvalue weighted by molar-refractivity contribution is 0.292. The van der Waals surface area contributed by atoms with Crippen molar-refractivity contribution in [3.05, 3.63) is 40.1 Å². The van der Waals surface area contributed by atoms with Crippen LogP contribution in [0.5, 0.6) is 17.4 Å². The van der Waals surface area contributed by atoms with Crippen LogP contribution in [0.3, 0.4) is 0 Å². The summed E-state index contributed by atoms with van der Waals surface area (Å²) in [5.41, 5.74) is 2.02. The van der Waals surface area contributed by atoms with E-state index < -0.39 is 0 Å². The number of fused-ring (bicyclic) bond motifs is 1. The van der Waals surface area contributed by atoms with Crippen molar-refractivity contribution in [3.63, 3.8) is 0 Å². The smallest absolute Gasteiger partial charge is 0.222 e. The van der Waals surface area contributed by atoms with Gasteiger partial charge in [-0.25, -0.2) is 4.98 Å². The quantitative estimate of drug-likeness (QED) is 0.512. The zero-order valence-electron chi connectivity index (χ0n) is 15.9. The number of hydrogen-bond donors (Lipinski definition) is 0. The molecule has 7 heteroatoms. The Morgan fingerprint density at radius 1 is 1.04 bits per heavy atom. The van der Waals surface area contributed by atoms with Crippen LogP contribution in [-0.4, -0.2) is 30.8 Å². The molecule has 146 valence electrons. The maximum absolute atomic E-state index is 6.58. The molecule has 0 amide bonds. The summed E-state index contributed by atoms with van der Waals surface area (Å²) in [6, 6.07) is 5.53. The van der Waals surface area contributed by atoms with Crippen LogP contribution in [0.1, 0.15) is 18.5 Å². The maximum atomic E-state index is 6.58. The second-order valence-corrected chi connectivity index (χ2v) is 7.65. The van der Waals surface area contributed by atoms with Crippen molar-refractivity contribution in [1.29, 1.82) is 0 Å². The number of aromatic nitrogens is 2. The number of aryl methyl sites for hydroxylation is 1. The molecule has 0 unspecified atom stereocenters. The van der Waals surface area contributed by atoms with Crippen LogP contribution in [0.2, 0.25) is 10.0 Å². The SMILES string of the molecule is COc1cc(OC)c(Cl)c(-c2cc3cnc(C)cc3c(OCC3CC3)n2)c1Cl. The number of methoxy groups -OCH3 is 2. The van der Waals surface area contributed by atoms with Crippen LogP contribution in [0.4, 0.5) is 0 Å². The normalized spacial score (nSPS) is 13.6. The van der Waals surface area contributed by atoms with Gasteiger partial charge < -0.3 is 14.2 Å². The van der Waals surface area contributed by atoms with Gasteiger partial charge in [-0.3, -0.25) is 4.98 Å². The Morgan fingerprint density at radius 3 is 2.32 bits per heavy atom. The summed E-state index contributed by atoms with van der Waals surface area (Å²) >= 11 is 13.2. The van der Waals surface area contributed by atoms with Gasteiger partial charge in [-0.15, -0.1) is 0 Å². The van der Waals surface area contributed by atoms with E-state index in [9.17, 15) is 0 Å². The Balaban J connectivity index is 1.92. The average Bonchev–Trinajstić information content (AvgIpc) is 3.51. The summed E-state index contributed by atoms with van der Waals surface area (Å²) in [4.78, 5) is 9.16. The predicted molar refractivity (Wildman–Crippen MR) is 111 cm³/mol. The summed E-state index contributed by atoms with van der Waals surface area (Å²) in [7, 11) is 3.09. The van der Waals surface area contributed by atoms with E-state index in [1.54, 1.807) is 26.5 Å². The highest BCUT2D eigenvalue weighted by atomic mass is 35.5. The molecule has 0 saturated heterocycles. The van der Waals surface area contributed by atoms with Crippen LogP contribution in [0.15, 0.2) is 24.4 Å². The third-order valence-corrected chi connectivity index (χ3v) is 5.55. The molecule has 0 atom stereocenters. The average molecular weight is 419 g/mol. The van der Waals surface area contributed by atoms with E-state index in [4.69, 9.17) is 42.4 Å². The van der Waals surface area contributed by atoms with Crippen molar-refractivity contribution in [2.75, 3.05) is 20.8 Å². The molecule has 0 N–H and O–H groups in total. The third-order valence-electron chi connectivity index (χ3n) is 4.80. The Hall–Kier alpha value is -2.24. The van der Waals surface area contributed by atoms with Crippen molar-refractivity contribution in [2.24, 2.45) is 5.92 Å². The fourth-order valence-electron chi connectivity index (χ4n) is 3.05. The number of rotatable bonds is 6.